The normalized spacial score (nSPS) is 11.7. The van der Waals surface area contributed by atoms with Crippen molar-refractivity contribution in [3.8, 4) is 39.8 Å². The monoisotopic (exact) mass is 599 g/mol. The van der Waals surface area contributed by atoms with E-state index in [1.807, 2.05) is 30.3 Å². The molecule has 11 heteroatoms. The standard InChI is InChI=1S/C32H26FN3O6S/c1-34-32(37)30-23-16-22(24-13-20(15-29(35-24)40-3)27-14-19-7-5-6-8-26(19)41-27)25(36(2)43(4,38)39)17-28(23)42-31(30)18-9-11-21(33)12-10-18/h5-17H,1-4H3,(H,34,37). The third kappa shape index (κ3) is 5.08. The molecule has 9 nitrogen and oxygen atoms in total. The van der Waals surface area contributed by atoms with Crippen LogP contribution in [0.5, 0.6) is 5.88 Å². The Balaban J connectivity index is 1.64. The second-order valence-electron chi connectivity index (χ2n) is 9.92. The van der Waals surface area contributed by atoms with Gasteiger partial charge >= 0.3 is 0 Å². The molecular formula is C32H26FN3O6S. The average Bonchev–Trinajstić information content (AvgIpc) is 3.61. The number of furan rings is 2. The number of sulfonamides is 1. The van der Waals surface area contributed by atoms with Crippen LogP contribution in [0.15, 0.2) is 87.7 Å². The van der Waals surface area contributed by atoms with Crippen LogP contribution < -0.4 is 14.4 Å². The molecule has 0 fully saturated rings. The largest absolute Gasteiger partial charge is 0.481 e. The van der Waals surface area contributed by atoms with E-state index in [4.69, 9.17) is 13.6 Å². The second-order valence-corrected chi connectivity index (χ2v) is 11.9. The number of methoxy groups -OCH3 is 1. The highest BCUT2D eigenvalue weighted by Crippen LogP contribution is 2.42. The van der Waals surface area contributed by atoms with Crippen molar-refractivity contribution in [2.24, 2.45) is 0 Å². The summed E-state index contributed by atoms with van der Waals surface area (Å²) in [7, 11) is 0.656. The van der Waals surface area contributed by atoms with Gasteiger partial charge in [-0.15, -0.1) is 0 Å². The number of amides is 1. The Bertz CT molecular complexity index is 2100. The molecule has 0 unspecified atom stereocenters. The van der Waals surface area contributed by atoms with E-state index in [-0.39, 0.29) is 28.5 Å². The van der Waals surface area contributed by atoms with Crippen molar-refractivity contribution in [2.45, 2.75) is 0 Å². The van der Waals surface area contributed by atoms with E-state index in [2.05, 4.69) is 10.3 Å². The van der Waals surface area contributed by atoms with Crippen molar-refractivity contribution in [3.05, 3.63) is 90.2 Å². The number of para-hydroxylation sites is 1. The molecule has 0 aliphatic carbocycles. The summed E-state index contributed by atoms with van der Waals surface area (Å²) in [6, 6.07) is 21.7. The molecule has 0 bridgehead atoms. The molecule has 6 aromatic rings. The van der Waals surface area contributed by atoms with Crippen LogP contribution in [0.1, 0.15) is 10.4 Å². The second kappa shape index (κ2) is 10.6. The Hall–Kier alpha value is -5.16. The van der Waals surface area contributed by atoms with Gasteiger partial charge in [0.2, 0.25) is 15.9 Å². The van der Waals surface area contributed by atoms with Gasteiger partial charge in [0.15, 0.2) is 0 Å². The third-order valence-electron chi connectivity index (χ3n) is 7.20. The number of halogens is 1. The van der Waals surface area contributed by atoms with Crippen LogP contribution in [-0.4, -0.2) is 46.8 Å². The fourth-order valence-electron chi connectivity index (χ4n) is 4.95. The number of nitrogens with one attached hydrogen (secondary N) is 1. The molecule has 0 saturated heterocycles. The zero-order valence-corrected chi connectivity index (χ0v) is 24.5. The number of carbonyl (C=O) groups excluding carboxylic acids is 1. The van der Waals surface area contributed by atoms with Crippen LogP contribution in [0.3, 0.4) is 0 Å². The Morgan fingerprint density at radius 1 is 0.953 bits per heavy atom. The lowest BCUT2D eigenvalue weighted by atomic mass is 10.00. The number of pyridine rings is 1. The van der Waals surface area contributed by atoms with Gasteiger partial charge in [-0.05, 0) is 48.5 Å². The maximum atomic E-state index is 13.7. The van der Waals surface area contributed by atoms with Crippen molar-refractivity contribution >= 4 is 43.6 Å². The highest BCUT2D eigenvalue weighted by molar-refractivity contribution is 7.92. The summed E-state index contributed by atoms with van der Waals surface area (Å²) in [6.45, 7) is 0. The van der Waals surface area contributed by atoms with Crippen LogP contribution in [0.25, 0.3) is 55.8 Å². The molecule has 3 aromatic carbocycles. The highest BCUT2D eigenvalue weighted by atomic mass is 32.2. The predicted molar refractivity (Wildman–Crippen MR) is 163 cm³/mol. The quantitative estimate of drug-likeness (QED) is 0.223. The number of hydrogen-bond donors (Lipinski definition) is 1. The van der Waals surface area contributed by atoms with E-state index in [9.17, 15) is 17.6 Å². The van der Waals surface area contributed by atoms with E-state index >= 15 is 0 Å². The van der Waals surface area contributed by atoms with Crippen LogP contribution in [-0.2, 0) is 10.0 Å². The molecule has 3 heterocycles. The first-order valence-electron chi connectivity index (χ1n) is 13.1. The van der Waals surface area contributed by atoms with Gasteiger partial charge in [0, 0.05) is 53.7 Å². The van der Waals surface area contributed by atoms with E-state index in [1.54, 1.807) is 24.3 Å². The summed E-state index contributed by atoms with van der Waals surface area (Å²) in [5.41, 5.74) is 3.32. The maximum absolute atomic E-state index is 13.7. The van der Waals surface area contributed by atoms with Gasteiger partial charge in [0.1, 0.15) is 28.5 Å². The van der Waals surface area contributed by atoms with Gasteiger partial charge in [0.25, 0.3) is 5.91 Å². The number of fused-ring (bicyclic) bond motifs is 2. The van der Waals surface area contributed by atoms with Crippen molar-refractivity contribution < 1.29 is 31.2 Å². The van der Waals surface area contributed by atoms with Gasteiger partial charge in [-0.1, -0.05) is 18.2 Å². The zero-order chi connectivity index (χ0) is 30.5. The molecule has 0 aliphatic rings. The molecule has 0 atom stereocenters. The highest BCUT2D eigenvalue weighted by Gasteiger charge is 2.27. The van der Waals surface area contributed by atoms with Crippen molar-refractivity contribution in [1.29, 1.82) is 0 Å². The van der Waals surface area contributed by atoms with Gasteiger partial charge in [-0.2, -0.15) is 0 Å². The SMILES string of the molecule is CNC(=O)c1c(-c2ccc(F)cc2)oc2cc(N(C)S(C)(=O)=O)c(-c3cc(-c4cc5ccccc5o4)cc(OC)n3)cc12. The number of anilines is 1. The zero-order valence-electron chi connectivity index (χ0n) is 23.6. The first kappa shape index (κ1) is 28.0. The molecule has 0 spiro atoms. The lowest BCUT2D eigenvalue weighted by Crippen LogP contribution is -2.25. The van der Waals surface area contributed by atoms with E-state index in [0.29, 0.717) is 39.1 Å². The van der Waals surface area contributed by atoms with Crippen LogP contribution in [0, 0.1) is 5.82 Å². The molecular weight excluding hydrogens is 573 g/mol. The molecule has 0 radical (unpaired) electrons. The maximum Gasteiger partial charge on any atom is 0.255 e. The number of carbonyl (C=O) groups is 1. The molecule has 3 aromatic heterocycles. The van der Waals surface area contributed by atoms with Gasteiger partial charge in [-0.3, -0.25) is 9.10 Å². The van der Waals surface area contributed by atoms with Crippen LogP contribution in [0.4, 0.5) is 10.1 Å². The topological polar surface area (TPSA) is 115 Å². The molecule has 218 valence electrons. The van der Waals surface area contributed by atoms with Crippen molar-refractivity contribution in [2.75, 3.05) is 31.8 Å². The van der Waals surface area contributed by atoms with Crippen LogP contribution in [0.2, 0.25) is 0 Å². The summed E-state index contributed by atoms with van der Waals surface area (Å²) in [4.78, 5) is 17.8. The number of benzene rings is 3. The van der Waals surface area contributed by atoms with E-state index in [0.717, 1.165) is 15.9 Å². The van der Waals surface area contributed by atoms with Crippen molar-refractivity contribution in [3.63, 3.8) is 0 Å². The third-order valence-corrected chi connectivity index (χ3v) is 8.39. The van der Waals surface area contributed by atoms with Crippen LogP contribution >= 0.6 is 0 Å². The number of aromatic nitrogens is 1. The first-order chi connectivity index (χ1) is 20.6. The fourth-order valence-corrected chi connectivity index (χ4v) is 5.45. The summed E-state index contributed by atoms with van der Waals surface area (Å²) >= 11 is 0. The Morgan fingerprint density at radius 3 is 2.37 bits per heavy atom. The lowest BCUT2D eigenvalue weighted by Gasteiger charge is -2.20. The van der Waals surface area contributed by atoms with Crippen molar-refractivity contribution in [1.82, 2.24) is 10.3 Å². The Kier molecular flexibility index (Phi) is 6.89. The molecule has 43 heavy (non-hydrogen) atoms. The summed E-state index contributed by atoms with van der Waals surface area (Å²) in [5.74, 6) is 0.169. The number of ether oxygens (including phenoxy) is 1. The molecule has 0 aliphatic heterocycles. The summed E-state index contributed by atoms with van der Waals surface area (Å²) < 4.78 is 58.1. The molecule has 1 amide bonds. The van der Waals surface area contributed by atoms with Gasteiger partial charge in [-0.25, -0.2) is 17.8 Å². The first-order valence-corrected chi connectivity index (χ1v) is 15.0. The van der Waals surface area contributed by atoms with E-state index in [1.165, 1.54) is 45.5 Å². The predicted octanol–water partition coefficient (Wildman–Crippen LogP) is 6.48. The van der Waals surface area contributed by atoms with Gasteiger partial charge < -0.3 is 18.9 Å². The van der Waals surface area contributed by atoms with Gasteiger partial charge in [0.05, 0.1) is 30.3 Å². The minimum absolute atomic E-state index is 0.208. The molecule has 0 saturated carbocycles. The number of rotatable bonds is 7. The minimum Gasteiger partial charge on any atom is -0.481 e. The van der Waals surface area contributed by atoms with E-state index < -0.39 is 21.7 Å². The Morgan fingerprint density at radius 2 is 1.70 bits per heavy atom. The lowest BCUT2D eigenvalue weighted by molar-refractivity contribution is 0.0964. The number of nitrogens with zero attached hydrogens (tertiary/aromatic N) is 2. The molecule has 6 rings (SSSR count). The summed E-state index contributed by atoms with van der Waals surface area (Å²) in [6.07, 6.45) is 1.09. The fraction of sp³-hybridized carbons (Fsp3) is 0.125. The smallest absolute Gasteiger partial charge is 0.255 e. The minimum atomic E-state index is -3.74. The Labute approximate surface area is 246 Å². The summed E-state index contributed by atoms with van der Waals surface area (Å²) in [5, 5.41) is 3.96. The molecule has 1 N–H and O–H groups in total. The number of hydrogen-bond acceptors (Lipinski definition) is 7. The average molecular weight is 600 g/mol.